The van der Waals surface area contributed by atoms with Crippen LogP contribution in [-0.4, -0.2) is 51.3 Å². The lowest BCUT2D eigenvalue weighted by Gasteiger charge is -2.36. The second kappa shape index (κ2) is 9.33. The Morgan fingerprint density at radius 1 is 1.09 bits per heavy atom. The van der Waals surface area contributed by atoms with Crippen molar-refractivity contribution in [2.45, 2.75) is 13.0 Å². The van der Waals surface area contributed by atoms with Gasteiger partial charge in [-0.05, 0) is 48.5 Å². The summed E-state index contributed by atoms with van der Waals surface area (Å²) in [7, 11) is 1.57. The van der Waals surface area contributed by atoms with Crippen LogP contribution >= 0.6 is 0 Å². The Labute approximate surface area is 198 Å². The van der Waals surface area contributed by atoms with Gasteiger partial charge in [0.1, 0.15) is 12.1 Å². The van der Waals surface area contributed by atoms with Gasteiger partial charge in [0.05, 0.1) is 25.9 Å². The molecule has 0 aliphatic carbocycles. The molecule has 1 aliphatic rings. The molecule has 0 radical (unpaired) electrons. The number of halogens is 2. The van der Waals surface area contributed by atoms with Crippen LogP contribution in [0.25, 0.3) is 11.4 Å². The van der Waals surface area contributed by atoms with Crippen LogP contribution in [0.3, 0.4) is 0 Å². The minimum atomic E-state index is -2.57. The molecule has 0 saturated heterocycles. The van der Waals surface area contributed by atoms with E-state index in [1.807, 2.05) is 0 Å². The maximum Gasteiger partial charge on any atom is 0.335 e. The fourth-order valence-corrected chi connectivity index (χ4v) is 3.71. The van der Waals surface area contributed by atoms with Crippen LogP contribution in [0, 0.1) is 0 Å². The van der Waals surface area contributed by atoms with E-state index < -0.39 is 13.0 Å². The van der Waals surface area contributed by atoms with Gasteiger partial charge in [-0.3, -0.25) is 10.00 Å². The molecular formula is C23H20F2N8O2. The average Bonchev–Trinajstić information content (AvgIpc) is 3.42. The highest BCUT2D eigenvalue weighted by Crippen LogP contribution is 2.37. The normalized spacial score (nSPS) is 13.2. The van der Waals surface area contributed by atoms with E-state index in [9.17, 15) is 13.6 Å². The first-order valence-corrected chi connectivity index (χ1v) is 10.6. The Morgan fingerprint density at radius 3 is 2.49 bits per heavy atom. The standard InChI is InChI=1S/C23H20F2N8O2/c1-35-18-8-6-16(7-9-18)32-12-15-10-26-22(27-11-19(24)25)30-21(15)33(23(32)34)17-4-2-14(3-5-17)20-28-13-29-31-20/h2-10,13,19H,11-12H2,1H3,(H,26,27,30)(H,28,29,31). The molecule has 2 aromatic carbocycles. The van der Waals surface area contributed by atoms with Gasteiger partial charge in [-0.15, -0.1) is 0 Å². The van der Waals surface area contributed by atoms with E-state index in [2.05, 4.69) is 30.5 Å². The van der Waals surface area contributed by atoms with Crippen molar-refractivity contribution in [1.29, 1.82) is 0 Å². The molecule has 2 N–H and O–H groups in total. The fourth-order valence-electron chi connectivity index (χ4n) is 3.71. The highest BCUT2D eigenvalue weighted by Gasteiger charge is 2.34. The number of anilines is 4. The number of carbonyl (C=O) groups excluding carboxylic acids is 1. The van der Waals surface area contributed by atoms with Gasteiger partial charge in [0.25, 0.3) is 6.43 Å². The van der Waals surface area contributed by atoms with Gasteiger partial charge >= 0.3 is 6.03 Å². The molecule has 0 spiro atoms. The lowest BCUT2D eigenvalue weighted by Crippen LogP contribution is -2.45. The minimum Gasteiger partial charge on any atom is -0.497 e. The van der Waals surface area contributed by atoms with E-state index in [1.54, 1.807) is 60.5 Å². The van der Waals surface area contributed by atoms with Gasteiger partial charge in [0.2, 0.25) is 5.95 Å². The molecule has 12 heteroatoms. The summed E-state index contributed by atoms with van der Waals surface area (Å²) >= 11 is 0. The van der Waals surface area contributed by atoms with E-state index in [4.69, 9.17) is 4.74 Å². The predicted octanol–water partition coefficient (Wildman–Crippen LogP) is 4.23. The maximum atomic E-state index is 13.7. The lowest BCUT2D eigenvalue weighted by molar-refractivity contribution is 0.163. The quantitative estimate of drug-likeness (QED) is 0.409. The van der Waals surface area contributed by atoms with Crippen LogP contribution in [0.15, 0.2) is 61.1 Å². The lowest BCUT2D eigenvalue weighted by atomic mass is 10.1. The summed E-state index contributed by atoms with van der Waals surface area (Å²) in [6.07, 6.45) is 0.445. The number of nitrogens with one attached hydrogen (secondary N) is 2. The molecule has 0 unspecified atom stereocenters. The van der Waals surface area contributed by atoms with Gasteiger partial charge in [-0.1, -0.05) is 0 Å². The van der Waals surface area contributed by atoms with Gasteiger partial charge in [0, 0.05) is 23.0 Å². The summed E-state index contributed by atoms with van der Waals surface area (Å²) in [6, 6.07) is 13.8. The molecule has 4 aromatic rings. The first-order valence-electron chi connectivity index (χ1n) is 10.6. The number of aromatic amines is 1. The number of aromatic nitrogens is 5. The average molecular weight is 478 g/mol. The zero-order valence-electron chi connectivity index (χ0n) is 18.5. The van der Waals surface area contributed by atoms with E-state index in [0.29, 0.717) is 34.3 Å². The van der Waals surface area contributed by atoms with E-state index >= 15 is 0 Å². The molecule has 178 valence electrons. The van der Waals surface area contributed by atoms with Crippen LogP contribution in [0.4, 0.5) is 36.7 Å². The number of nitrogens with zero attached hydrogens (tertiary/aromatic N) is 6. The Morgan fingerprint density at radius 2 is 1.83 bits per heavy atom. The Kier molecular flexibility index (Phi) is 5.92. The van der Waals surface area contributed by atoms with Crippen LogP contribution in [0.2, 0.25) is 0 Å². The van der Waals surface area contributed by atoms with Crippen molar-refractivity contribution in [1.82, 2.24) is 25.1 Å². The van der Waals surface area contributed by atoms with Crippen molar-refractivity contribution in [3.05, 3.63) is 66.6 Å². The smallest absolute Gasteiger partial charge is 0.335 e. The number of rotatable bonds is 7. The van der Waals surface area contributed by atoms with E-state index in [0.717, 1.165) is 5.56 Å². The number of ether oxygens (including phenoxy) is 1. The summed E-state index contributed by atoms with van der Waals surface area (Å²) in [5, 5.41) is 9.24. The number of carbonyl (C=O) groups is 1. The van der Waals surface area contributed by atoms with Crippen molar-refractivity contribution >= 4 is 29.2 Å². The van der Waals surface area contributed by atoms with Crippen molar-refractivity contribution in [3.63, 3.8) is 0 Å². The van der Waals surface area contributed by atoms with Crippen molar-refractivity contribution < 1.29 is 18.3 Å². The van der Waals surface area contributed by atoms with Crippen LogP contribution in [-0.2, 0) is 6.54 Å². The van der Waals surface area contributed by atoms with Crippen molar-refractivity contribution in [3.8, 4) is 17.1 Å². The summed E-state index contributed by atoms with van der Waals surface area (Å²) in [4.78, 5) is 29.4. The highest BCUT2D eigenvalue weighted by atomic mass is 19.3. The number of hydrogen-bond acceptors (Lipinski definition) is 7. The summed E-state index contributed by atoms with van der Waals surface area (Å²) in [5.74, 6) is 1.51. The fraction of sp³-hybridized carbons (Fsp3) is 0.174. The second-order valence-electron chi connectivity index (χ2n) is 7.59. The van der Waals surface area contributed by atoms with Gasteiger partial charge in [0.15, 0.2) is 11.6 Å². The second-order valence-corrected chi connectivity index (χ2v) is 7.59. The molecule has 2 aromatic heterocycles. The third-order valence-electron chi connectivity index (χ3n) is 5.40. The number of urea groups is 1. The van der Waals surface area contributed by atoms with Crippen molar-refractivity contribution in [2.75, 3.05) is 28.8 Å². The zero-order chi connectivity index (χ0) is 24.4. The molecule has 0 fully saturated rings. The molecule has 10 nitrogen and oxygen atoms in total. The number of alkyl halides is 2. The number of methoxy groups -OCH3 is 1. The monoisotopic (exact) mass is 478 g/mol. The summed E-state index contributed by atoms with van der Waals surface area (Å²) in [6.45, 7) is -0.391. The molecule has 35 heavy (non-hydrogen) atoms. The summed E-state index contributed by atoms with van der Waals surface area (Å²) in [5.41, 5.74) is 2.60. The molecule has 0 atom stereocenters. The van der Waals surface area contributed by atoms with E-state index in [1.165, 1.54) is 17.4 Å². The molecule has 0 bridgehead atoms. The molecule has 2 amide bonds. The Bertz CT molecular complexity index is 1310. The first kappa shape index (κ1) is 22.2. The molecule has 3 heterocycles. The number of amides is 2. The van der Waals surface area contributed by atoms with Crippen LogP contribution in [0.5, 0.6) is 5.75 Å². The third-order valence-corrected chi connectivity index (χ3v) is 5.40. The molecular weight excluding hydrogens is 458 g/mol. The van der Waals surface area contributed by atoms with Crippen molar-refractivity contribution in [2.24, 2.45) is 0 Å². The SMILES string of the molecule is COc1ccc(N2Cc3cnc(NCC(F)F)nc3N(c3ccc(-c4nc[nH]n4)cc3)C2=O)cc1. The molecule has 5 rings (SSSR count). The topological polar surface area (TPSA) is 112 Å². The van der Waals surface area contributed by atoms with Gasteiger partial charge in [-0.2, -0.15) is 10.1 Å². The Hall–Kier alpha value is -4.61. The molecule has 0 saturated carbocycles. The van der Waals surface area contributed by atoms with Crippen LogP contribution in [0.1, 0.15) is 5.56 Å². The van der Waals surface area contributed by atoms with Crippen LogP contribution < -0.4 is 19.9 Å². The summed E-state index contributed by atoms with van der Waals surface area (Å²) < 4.78 is 30.6. The van der Waals surface area contributed by atoms with Gasteiger partial charge in [-0.25, -0.2) is 28.4 Å². The molecule has 1 aliphatic heterocycles. The number of H-pyrrole nitrogens is 1. The largest absolute Gasteiger partial charge is 0.497 e. The van der Waals surface area contributed by atoms with Gasteiger partial charge < -0.3 is 10.1 Å². The minimum absolute atomic E-state index is 0.0112. The first-order chi connectivity index (χ1) is 17.0. The predicted molar refractivity (Wildman–Crippen MR) is 125 cm³/mol. The third kappa shape index (κ3) is 4.45. The van der Waals surface area contributed by atoms with E-state index in [-0.39, 0.29) is 18.5 Å². The maximum absolute atomic E-state index is 13.7. The number of benzene rings is 2. The highest BCUT2D eigenvalue weighted by molar-refractivity contribution is 6.10. The zero-order valence-corrected chi connectivity index (χ0v) is 18.5. The Balaban J connectivity index is 1.55. The number of fused-ring (bicyclic) bond motifs is 1. The number of hydrogen-bond donors (Lipinski definition) is 2.